The van der Waals surface area contributed by atoms with E-state index in [0.29, 0.717) is 12.0 Å². The first-order chi connectivity index (χ1) is 9.69. The van der Waals surface area contributed by atoms with Gasteiger partial charge in [-0.05, 0) is 43.9 Å². The van der Waals surface area contributed by atoms with Gasteiger partial charge in [-0.1, -0.05) is 19.4 Å². The number of ether oxygens (including phenoxy) is 3. The number of benzene rings is 1. The van der Waals surface area contributed by atoms with Crippen molar-refractivity contribution < 1.29 is 14.2 Å². The molecular weight excluding hydrogens is 252 g/mol. The van der Waals surface area contributed by atoms with Gasteiger partial charge < -0.3 is 14.2 Å². The minimum Gasteiger partial charge on any atom is -0.493 e. The second kappa shape index (κ2) is 6.98. The van der Waals surface area contributed by atoms with Crippen LogP contribution in [0.3, 0.4) is 0 Å². The molecule has 0 bridgehead atoms. The fourth-order valence-electron chi connectivity index (χ4n) is 3.12. The third-order valence-corrected chi connectivity index (χ3v) is 4.22. The van der Waals surface area contributed by atoms with E-state index < -0.39 is 0 Å². The zero-order valence-electron chi connectivity index (χ0n) is 13.0. The Kier molecular flexibility index (Phi) is 5.30. The summed E-state index contributed by atoms with van der Waals surface area (Å²) in [6.07, 6.45) is 5.39. The lowest BCUT2D eigenvalue weighted by Gasteiger charge is -2.35. The molecule has 1 aromatic carbocycles. The summed E-state index contributed by atoms with van der Waals surface area (Å²) < 4.78 is 16.8. The minimum absolute atomic E-state index is 0.262. The average molecular weight is 278 g/mol. The van der Waals surface area contributed by atoms with Crippen molar-refractivity contribution in [3.8, 4) is 11.5 Å². The highest BCUT2D eigenvalue weighted by molar-refractivity contribution is 5.44. The van der Waals surface area contributed by atoms with Crippen LogP contribution in [0.15, 0.2) is 18.2 Å². The molecule has 0 N–H and O–H groups in total. The second-order valence-electron chi connectivity index (χ2n) is 5.55. The molecule has 1 aromatic rings. The van der Waals surface area contributed by atoms with Gasteiger partial charge in [0.2, 0.25) is 0 Å². The van der Waals surface area contributed by atoms with E-state index in [4.69, 9.17) is 14.2 Å². The highest BCUT2D eigenvalue weighted by Gasteiger charge is 2.29. The third-order valence-electron chi connectivity index (χ3n) is 4.22. The van der Waals surface area contributed by atoms with E-state index in [1.54, 1.807) is 14.2 Å². The number of hydrogen-bond donors (Lipinski definition) is 0. The lowest BCUT2D eigenvalue weighted by molar-refractivity contribution is -0.0564. The average Bonchev–Trinajstić information content (AvgIpc) is 2.47. The molecule has 1 aliphatic rings. The first-order valence-electron chi connectivity index (χ1n) is 7.57. The molecule has 3 nitrogen and oxygen atoms in total. The van der Waals surface area contributed by atoms with Crippen molar-refractivity contribution in [3.05, 3.63) is 23.8 Å². The van der Waals surface area contributed by atoms with Crippen LogP contribution in [-0.4, -0.2) is 26.4 Å². The van der Waals surface area contributed by atoms with Gasteiger partial charge in [0.25, 0.3) is 0 Å². The molecule has 3 heteroatoms. The van der Waals surface area contributed by atoms with E-state index in [1.807, 2.05) is 6.07 Å². The van der Waals surface area contributed by atoms with Gasteiger partial charge in [-0.2, -0.15) is 0 Å². The van der Waals surface area contributed by atoms with Crippen molar-refractivity contribution in [2.24, 2.45) is 0 Å². The highest BCUT2D eigenvalue weighted by Crippen LogP contribution is 2.38. The zero-order chi connectivity index (χ0) is 14.5. The maximum Gasteiger partial charge on any atom is 0.160 e. The zero-order valence-corrected chi connectivity index (χ0v) is 13.0. The quantitative estimate of drug-likeness (QED) is 0.809. The number of hydrogen-bond acceptors (Lipinski definition) is 3. The normalized spacial score (nSPS) is 26.3. The molecule has 0 saturated carbocycles. The first-order valence-corrected chi connectivity index (χ1v) is 7.57. The number of methoxy groups -OCH3 is 2. The lowest BCUT2D eigenvalue weighted by Crippen LogP contribution is -2.31. The highest BCUT2D eigenvalue weighted by atomic mass is 16.5. The fraction of sp³-hybridized carbons (Fsp3) is 0.647. The summed E-state index contributed by atoms with van der Waals surface area (Å²) in [6.45, 7) is 4.40. The van der Waals surface area contributed by atoms with Crippen molar-refractivity contribution in [2.45, 2.75) is 57.7 Å². The molecule has 0 aliphatic carbocycles. The molecule has 0 spiro atoms. The summed E-state index contributed by atoms with van der Waals surface area (Å²) in [7, 11) is 3.35. The van der Waals surface area contributed by atoms with Crippen LogP contribution < -0.4 is 9.47 Å². The standard InChI is InChI=1S/C17H26O3/c1-5-6-14-8-9-15(12(2)20-14)13-7-10-16(18-3)17(11-13)19-4/h7,10-12,14-15H,5-6,8-9H2,1-4H3/t12-,14+,15-/m0/s1. The van der Waals surface area contributed by atoms with Gasteiger partial charge in [0.1, 0.15) is 0 Å². The molecule has 0 amide bonds. The molecule has 112 valence electrons. The molecular formula is C17H26O3. The molecule has 20 heavy (non-hydrogen) atoms. The Bertz CT molecular complexity index is 430. The van der Waals surface area contributed by atoms with Crippen LogP contribution in [0.25, 0.3) is 0 Å². The second-order valence-corrected chi connectivity index (χ2v) is 5.55. The van der Waals surface area contributed by atoms with E-state index in [9.17, 15) is 0 Å². The predicted molar refractivity (Wildman–Crippen MR) is 80.8 cm³/mol. The maximum absolute atomic E-state index is 6.15. The smallest absolute Gasteiger partial charge is 0.160 e. The third kappa shape index (κ3) is 3.26. The van der Waals surface area contributed by atoms with Crippen LogP contribution in [-0.2, 0) is 4.74 Å². The largest absolute Gasteiger partial charge is 0.493 e. The summed E-state index contributed by atoms with van der Waals surface area (Å²) in [5.41, 5.74) is 1.28. The molecule has 1 saturated heterocycles. The molecule has 1 aliphatic heterocycles. The Hall–Kier alpha value is -1.22. The van der Waals surface area contributed by atoms with Crippen LogP contribution >= 0.6 is 0 Å². The van der Waals surface area contributed by atoms with Crippen LogP contribution in [0.4, 0.5) is 0 Å². The van der Waals surface area contributed by atoms with Gasteiger partial charge in [-0.3, -0.25) is 0 Å². The summed E-state index contributed by atoms with van der Waals surface area (Å²) >= 11 is 0. The van der Waals surface area contributed by atoms with Gasteiger partial charge >= 0.3 is 0 Å². The molecule has 1 fully saturated rings. The van der Waals surface area contributed by atoms with Crippen molar-refractivity contribution in [1.29, 1.82) is 0 Å². The Morgan fingerprint density at radius 2 is 1.90 bits per heavy atom. The summed E-state index contributed by atoms with van der Waals surface area (Å²) in [5, 5.41) is 0. The maximum atomic E-state index is 6.15. The monoisotopic (exact) mass is 278 g/mol. The molecule has 2 rings (SSSR count). The molecule has 3 atom stereocenters. The SMILES string of the molecule is CCC[C@@H]1CC[C@H](c2ccc(OC)c(OC)c2)[C@H](C)O1. The fourth-order valence-corrected chi connectivity index (χ4v) is 3.12. The van der Waals surface area contributed by atoms with Crippen LogP contribution in [0.1, 0.15) is 51.0 Å². The molecule has 1 heterocycles. The molecule has 0 unspecified atom stereocenters. The Labute approximate surface area is 122 Å². The van der Waals surface area contributed by atoms with Crippen molar-refractivity contribution >= 4 is 0 Å². The Morgan fingerprint density at radius 1 is 1.15 bits per heavy atom. The Morgan fingerprint density at radius 3 is 2.50 bits per heavy atom. The van der Waals surface area contributed by atoms with E-state index in [0.717, 1.165) is 17.9 Å². The summed E-state index contributed by atoms with van der Waals surface area (Å²) in [4.78, 5) is 0. The van der Waals surface area contributed by atoms with E-state index in [-0.39, 0.29) is 6.10 Å². The predicted octanol–water partition coefficient (Wildman–Crippen LogP) is 4.16. The van der Waals surface area contributed by atoms with Gasteiger partial charge in [0.05, 0.1) is 26.4 Å². The summed E-state index contributed by atoms with van der Waals surface area (Å²) in [6, 6.07) is 6.20. The van der Waals surface area contributed by atoms with Crippen molar-refractivity contribution in [2.75, 3.05) is 14.2 Å². The van der Waals surface area contributed by atoms with Crippen LogP contribution in [0.5, 0.6) is 11.5 Å². The van der Waals surface area contributed by atoms with Crippen molar-refractivity contribution in [3.63, 3.8) is 0 Å². The van der Waals surface area contributed by atoms with E-state index in [1.165, 1.54) is 24.8 Å². The van der Waals surface area contributed by atoms with Gasteiger partial charge in [0.15, 0.2) is 11.5 Å². The van der Waals surface area contributed by atoms with Gasteiger partial charge in [-0.15, -0.1) is 0 Å². The van der Waals surface area contributed by atoms with Crippen LogP contribution in [0, 0.1) is 0 Å². The lowest BCUT2D eigenvalue weighted by atomic mass is 9.85. The van der Waals surface area contributed by atoms with E-state index >= 15 is 0 Å². The number of rotatable bonds is 5. The topological polar surface area (TPSA) is 27.7 Å². The van der Waals surface area contributed by atoms with E-state index in [2.05, 4.69) is 26.0 Å². The summed E-state index contributed by atoms with van der Waals surface area (Å²) in [5.74, 6) is 2.03. The van der Waals surface area contributed by atoms with Gasteiger partial charge in [-0.25, -0.2) is 0 Å². The first kappa shape index (κ1) is 15.2. The van der Waals surface area contributed by atoms with Gasteiger partial charge in [0, 0.05) is 5.92 Å². The Balaban J connectivity index is 2.12. The van der Waals surface area contributed by atoms with Crippen molar-refractivity contribution in [1.82, 2.24) is 0 Å². The molecule has 0 aromatic heterocycles. The molecule has 0 radical (unpaired) electrons. The minimum atomic E-state index is 0.262. The van der Waals surface area contributed by atoms with Crippen LogP contribution in [0.2, 0.25) is 0 Å².